The molecule has 0 aromatic carbocycles. The molecule has 0 aliphatic rings. The Labute approximate surface area is 94.6 Å². The van der Waals surface area contributed by atoms with Crippen LogP contribution in [0.25, 0.3) is 0 Å². The molecule has 4 heteroatoms. The SMILES string of the molecule is CC(=O)CC(=O)OCCCc1ccncc1. The molecule has 86 valence electrons. The number of carbonyl (C=O) groups excluding carboxylic acids is 2. The van der Waals surface area contributed by atoms with Crippen LogP contribution in [0.3, 0.4) is 0 Å². The lowest BCUT2D eigenvalue weighted by atomic mass is 10.1. The van der Waals surface area contributed by atoms with Gasteiger partial charge >= 0.3 is 5.97 Å². The molecule has 0 atom stereocenters. The predicted molar refractivity (Wildman–Crippen MR) is 58.8 cm³/mol. The summed E-state index contributed by atoms with van der Waals surface area (Å²) in [6, 6.07) is 3.86. The van der Waals surface area contributed by atoms with Crippen molar-refractivity contribution >= 4 is 11.8 Å². The maximum Gasteiger partial charge on any atom is 0.313 e. The third-order valence-corrected chi connectivity index (χ3v) is 2.02. The zero-order valence-electron chi connectivity index (χ0n) is 9.31. The van der Waals surface area contributed by atoms with Crippen molar-refractivity contribution in [1.29, 1.82) is 0 Å². The summed E-state index contributed by atoms with van der Waals surface area (Å²) < 4.78 is 4.90. The van der Waals surface area contributed by atoms with Crippen LogP contribution in [0.15, 0.2) is 24.5 Å². The van der Waals surface area contributed by atoms with Gasteiger partial charge in [-0.15, -0.1) is 0 Å². The summed E-state index contributed by atoms with van der Waals surface area (Å²) in [7, 11) is 0. The van der Waals surface area contributed by atoms with E-state index in [1.54, 1.807) is 12.4 Å². The molecular weight excluding hydrogens is 206 g/mol. The molecule has 0 spiro atoms. The molecule has 0 aliphatic carbocycles. The first-order valence-corrected chi connectivity index (χ1v) is 5.22. The molecule has 0 amide bonds. The van der Waals surface area contributed by atoms with Crippen molar-refractivity contribution in [2.45, 2.75) is 26.2 Å². The van der Waals surface area contributed by atoms with Crippen molar-refractivity contribution in [1.82, 2.24) is 4.98 Å². The maximum atomic E-state index is 11.0. The Hall–Kier alpha value is -1.71. The number of nitrogens with zero attached hydrogens (tertiary/aromatic N) is 1. The molecule has 0 N–H and O–H groups in total. The van der Waals surface area contributed by atoms with Crippen molar-refractivity contribution < 1.29 is 14.3 Å². The highest BCUT2D eigenvalue weighted by atomic mass is 16.5. The number of ketones is 1. The van der Waals surface area contributed by atoms with E-state index in [9.17, 15) is 9.59 Å². The Morgan fingerprint density at radius 2 is 2.00 bits per heavy atom. The number of esters is 1. The molecule has 1 rings (SSSR count). The van der Waals surface area contributed by atoms with Gasteiger partial charge in [-0.05, 0) is 37.5 Å². The van der Waals surface area contributed by atoms with Crippen LogP contribution in [-0.4, -0.2) is 23.3 Å². The fourth-order valence-corrected chi connectivity index (χ4v) is 1.27. The first-order valence-electron chi connectivity index (χ1n) is 5.22. The number of carbonyl (C=O) groups is 2. The highest BCUT2D eigenvalue weighted by molar-refractivity contribution is 5.94. The summed E-state index contributed by atoms with van der Waals surface area (Å²) >= 11 is 0. The van der Waals surface area contributed by atoms with Gasteiger partial charge in [-0.2, -0.15) is 0 Å². The number of Topliss-reactive ketones (excluding diaryl/α,β-unsaturated/α-hetero) is 1. The Morgan fingerprint density at radius 3 is 2.62 bits per heavy atom. The molecule has 0 saturated carbocycles. The van der Waals surface area contributed by atoms with Crippen LogP contribution in [0.5, 0.6) is 0 Å². The van der Waals surface area contributed by atoms with E-state index >= 15 is 0 Å². The van der Waals surface area contributed by atoms with E-state index < -0.39 is 5.97 Å². The first-order chi connectivity index (χ1) is 7.68. The molecule has 4 nitrogen and oxygen atoms in total. The molecule has 0 radical (unpaired) electrons. The van der Waals surface area contributed by atoms with Crippen LogP contribution in [0, 0.1) is 0 Å². The summed E-state index contributed by atoms with van der Waals surface area (Å²) in [5, 5.41) is 0. The lowest BCUT2D eigenvalue weighted by Gasteiger charge is -2.03. The lowest BCUT2D eigenvalue weighted by Crippen LogP contribution is -2.10. The second-order valence-corrected chi connectivity index (χ2v) is 3.56. The topological polar surface area (TPSA) is 56.3 Å². The van der Waals surface area contributed by atoms with E-state index in [-0.39, 0.29) is 12.2 Å². The minimum atomic E-state index is -0.442. The van der Waals surface area contributed by atoms with Gasteiger partial charge in [-0.25, -0.2) is 0 Å². The van der Waals surface area contributed by atoms with Gasteiger partial charge in [0.2, 0.25) is 0 Å². The minimum absolute atomic E-state index is 0.130. The first kappa shape index (κ1) is 12.4. The molecule has 0 unspecified atom stereocenters. The molecule has 0 saturated heterocycles. The number of hydrogen-bond acceptors (Lipinski definition) is 4. The van der Waals surface area contributed by atoms with E-state index in [4.69, 9.17) is 4.74 Å². The molecule has 1 aromatic rings. The molecule has 1 heterocycles. The van der Waals surface area contributed by atoms with E-state index in [2.05, 4.69) is 4.98 Å². The monoisotopic (exact) mass is 221 g/mol. The largest absolute Gasteiger partial charge is 0.465 e. The normalized spacial score (nSPS) is 9.81. The van der Waals surface area contributed by atoms with Crippen molar-refractivity contribution in [3.05, 3.63) is 30.1 Å². The van der Waals surface area contributed by atoms with Crippen LogP contribution in [0.1, 0.15) is 25.3 Å². The van der Waals surface area contributed by atoms with Crippen LogP contribution >= 0.6 is 0 Å². The van der Waals surface area contributed by atoms with Gasteiger partial charge in [-0.3, -0.25) is 14.6 Å². The van der Waals surface area contributed by atoms with Crippen LogP contribution in [0.4, 0.5) is 0 Å². The average molecular weight is 221 g/mol. The maximum absolute atomic E-state index is 11.0. The zero-order valence-corrected chi connectivity index (χ0v) is 9.31. The second kappa shape index (κ2) is 6.71. The molecule has 16 heavy (non-hydrogen) atoms. The number of aryl methyl sites for hydroxylation is 1. The quantitative estimate of drug-likeness (QED) is 0.415. The van der Waals surface area contributed by atoms with Gasteiger partial charge < -0.3 is 4.74 Å². The fraction of sp³-hybridized carbons (Fsp3) is 0.417. The van der Waals surface area contributed by atoms with Crippen LogP contribution in [-0.2, 0) is 20.7 Å². The van der Waals surface area contributed by atoms with Gasteiger partial charge in [-0.1, -0.05) is 0 Å². The average Bonchev–Trinajstić information content (AvgIpc) is 2.25. The molecule has 0 bridgehead atoms. The Balaban J connectivity index is 2.13. The van der Waals surface area contributed by atoms with E-state index in [1.165, 1.54) is 6.92 Å². The van der Waals surface area contributed by atoms with E-state index in [0.717, 1.165) is 18.4 Å². The standard InChI is InChI=1S/C12H15NO3/c1-10(14)9-12(15)16-8-2-3-11-4-6-13-7-5-11/h4-7H,2-3,8-9H2,1H3. The van der Waals surface area contributed by atoms with Gasteiger partial charge in [0.25, 0.3) is 0 Å². The van der Waals surface area contributed by atoms with Crippen molar-refractivity contribution in [2.75, 3.05) is 6.61 Å². The van der Waals surface area contributed by atoms with Crippen molar-refractivity contribution in [3.8, 4) is 0 Å². The number of hydrogen-bond donors (Lipinski definition) is 0. The second-order valence-electron chi connectivity index (χ2n) is 3.56. The molecular formula is C12H15NO3. The number of ether oxygens (including phenoxy) is 1. The van der Waals surface area contributed by atoms with Crippen molar-refractivity contribution in [2.24, 2.45) is 0 Å². The van der Waals surface area contributed by atoms with Gasteiger partial charge in [0.05, 0.1) is 6.61 Å². The van der Waals surface area contributed by atoms with Gasteiger partial charge in [0.1, 0.15) is 12.2 Å². The molecule has 1 aromatic heterocycles. The Morgan fingerprint density at radius 1 is 1.31 bits per heavy atom. The van der Waals surface area contributed by atoms with Crippen LogP contribution in [0.2, 0.25) is 0 Å². The summed E-state index contributed by atoms with van der Waals surface area (Å²) in [4.78, 5) is 25.5. The van der Waals surface area contributed by atoms with E-state index in [1.807, 2.05) is 12.1 Å². The summed E-state index contributed by atoms with van der Waals surface area (Å²) in [6.45, 7) is 1.73. The minimum Gasteiger partial charge on any atom is -0.465 e. The molecule has 0 fully saturated rings. The molecule has 0 aliphatic heterocycles. The lowest BCUT2D eigenvalue weighted by molar-refractivity contribution is -0.145. The number of rotatable bonds is 6. The highest BCUT2D eigenvalue weighted by Gasteiger charge is 2.05. The Bertz CT molecular complexity index is 349. The third-order valence-electron chi connectivity index (χ3n) is 2.02. The number of pyridine rings is 1. The summed E-state index contributed by atoms with van der Waals surface area (Å²) in [6.07, 6.45) is 4.94. The predicted octanol–water partition coefficient (Wildman–Crippen LogP) is 1.54. The van der Waals surface area contributed by atoms with Crippen LogP contribution < -0.4 is 0 Å². The van der Waals surface area contributed by atoms with E-state index in [0.29, 0.717) is 6.61 Å². The highest BCUT2D eigenvalue weighted by Crippen LogP contribution is 2.01. The number of aromatic nitrogens is 1. The summed E-state index contributed by atoms with van der Waals surface area (Å²) in [5.74, 6) is -0.610. The fourth-order valence-electron chi connectivity index (χ4n) is 1.27. The summed E-state index contributed by atoms with van der Waals surface area (Å²) in [5.41, 5.74) is 1.16. The zero-order chi connectivity index (χ0) is 11.8. The van der Waals surface area contributed by atoms with Crippen molar-refractivity contribution in [3.63, 3.8) is 0 Å². The smallest absolute Gasteiger partial charge is 0.313 e. The van der Waals surface area contributed by atoms with Gasteiger partial charge in [0, 0.05) is 12.4 Å². The Kier molecular flexibility index (Phi) is 5.19. The third kappa shape index (κ3) is 5.24. The van der Waals surface area contributed by atoms with Gasteiger partial charge in [0.15, 0.2) is 0 Å².